The van der Waals surface area contributed by atoms with E-state index in [1.807, 2.05) is 19.1 Å². The average molecular weight is 421 g/mol. The Morgan fingerprint density at radius 1 is 1.07 bits per heavy atom. The van der Waals surface area contributed by atoms with Crippen LogP contribution in [0.15, 0.2) is 36.4 Å². The molecule has 1 aromatic carbocycles. The summed E-state index contributed by atoms with van der Waals surface area (Å²) in [6.07, 6.45) is 1.22. The zero-order chi connectivity index (χ0) is 21.6. The van der Waals surface area contributed by atoms with Gasteiger partial charge in [-0.05, 0) is 64.1 Å². The van der Waals surface area contributed by atoms with E-state index in [1.54, 1.807) is 18.2 Å². The number of aromatic nitrogens is 1. The number of hydrogen-bond acceptors (Lipinski definition) is 3. The fourth-order valence-electron chi connectivity index (χ4n) is 4.11. The molecule has 0 radical (unpaired) electrons. The van der Waals surface area contributed by atoms with Crippen molar-refractivity contribution >= 4 is 0 Å². The zero-order valence-corrected chi connectivity index (χ0v) is 17.5. The van der Waals surface area contributed by atoms with Gasteiger partial charge in [0.05, 0.1) is 11.8 Å². The maximum atomic E-state index is 13.6. The van der Waals surface area contributed by atoms with Crippen molar-refractivity contribution in [3.63, 3.8) is 0 Å². The minimum absolute atomic E-state index is 0.141. The summed E-state index contributed by atoms with van der Waals surface area (Å²) in [6, 6.07) is 10.1. The van der Waals surface area contributed by atoms with Crippen LogP contribution in [-0.2, 0) is 6.18 Å². The van der Waals surface area contributed by atoms with Crippen LogP contribution in [0.3, 0.4) is 0 Å². The van der Waals surface area contributed by atoms with Crippen LogP contribution in [-0.4, -0.2) is 23.2 Å². The van der Waals surface area contributed by atoms with Crippen LogP contribution in [0.2, 0.25) is 0 Å². The number of halogens is 3. The van der Waals surface area contributed by atoms with Crippen molar-refractivity contribution in [2.45, 2.75) is 64.1 Å². The van der Waals surface area contributed by atoms with Gasteiger partial charge in [0, 0.05) is 11.1 Å². The first-order valence-corrected chi connectivity index (χ1v) is 10.9. The van der Waals surface area contributed by atoms with E-state index in [0.29, 0.717) is 18.4 Å². The van der Waals surface area contributed by atoms with E-state index < -0.39 is 18.0 Å². The smallest absolute Gasteiger partial charge is 0.388 e. The van der Waals surface area contributed by atoms with Gasteiger partial charge in [0.1, 0.15) is 0 Å². The Hall–Kier alpha value is -1.92. The molecular weight excluding hydrogens is 389 g/mol. The van der Waals surface area contributed by atoms with E-state index in [0.717, 1.165) is 31.0 Å². The number of aliphatic hydroxyl groups excluding tert-OH is 1. The highest BCUT2D eigenvalue weighted by molar-refractivity contribution is 5.60. The van der Waals surface area contributed by atoms with E-state index in [9.17, 15) is 18.3 Å². The Morgan fingerprint density at radius 3 is 2.43 bits per heavy atom. The van der Waals surface area contributed by atoms with Gasteiger partial charge in [0.25, 0.3) is 0 Å². The van der Waals surface area contributed by atoms with Crippen molar-refractivity contribution in [3.05, 3.63) is 53.2 Å². The molecule has 0 aliphatic heterocycles. The van der Waals surface area contributed by atoms with E-state index in [-0.39, 0.29) is 11.3 Å². The standard InChI is InChI=1S/C24H31F3N2O/c1-17-9-11-19(12-10-17)21-14-13-20(23(29-21)24(25,26)27)22(30)8-4-5-15-28-16-18-6-2-3-7-18/h9-14,18,22,28,30H,2-8,15-16H2,1H3/t22-/m1/s1. The predicted molar refractivity (Wildman–Crippen MR) is 113 cm³/mol. The number of aryl methyl sites for hydroxylation is 1. The highest BCUT2D eigenvalue weighted by Gasteiger charge is 2.37. The number of alkyl halides is 3. The minimum atomic E-state index is -4.61. The van der Waals surface area contributed by atoms with Crippen molar-refractivity contribution in [1.29, 1.82) is 0 Å². The third-order valence-corrected chi connectivity index (χ3v) is 5.89. The maximum absolute atomic E-state index is 13.6. The molecule has 1 fully saturated rings. The van der Waals surface area contributed by atoms with Gasteiger partial charge >= 0.3 is 6.18 Å². The highest BCUT2D eigenvalue weighted by atomic mass is 19.4. The average Bonchev–Trinajstić information content (AvgIpc) is 3.23. The summed E-state index contributed by atoms with van der Waals surface area (Å²) in [5.41, 5.74) is 0.777. The van der Waals surface area contributed by atoms with Crippen molar-refractivity contribution in [2.24, 2.45) is 5.92 Å². The second-order valence-corrected chi connectivity index (χ2v) is 8.36. The normalized spacial score (nSPS) is 16.2. The first kappa shape index (κ1) is 22.8. The summed E-state index contributed by atoms with van der Waals surface area (Å²) in [5.74, 6) is 0.767. The van der Waals surface area contributed by atoms with E-state index >= 15 is 0 Å². The fraction of sp³-hybridized carbons (Fsp3) is 0.542. The number of hydrogen-bond donors (Lipinski definition) is 2. The van der Waals surface area contributed by atoms with E-state index in [1.165, 1.54) is 31.7 Å². The number of nitrogens with one attached hydrogen (secondary N) is 1. The van der Waals surface area contributed by atoms with Gasteiger partial charge < -0.3 is 10.4 Å². The molecule has 3 nitrogen and oxygen atoms in total. The van der Waals surface area contributed by atoms with Gasteiger partial charge in [-0.2, -0.15) is 13.2 Å². The van der Waals surface area contributed by atoms with Gasteiger partial charge in [0.15, 0.2) is 5.69 Å². The lowest BCUT2D eigenvalue weighted by atomic mass is 10.00. The van der Waals surface area contributed by atoms with Gasteiger partial charge in [-0.1, -0.05) is 48.7 Å². The molecule has 30 heavy (non-hydrogen) atoms. The number of aliphatic hydroxyl groups is 1. The van der Waals surface area contributed by atoms with Crippen LogP contribution in [0.1, 0.15) is 67.9 Å². The van der Waals surface area contributed by atoms with Crippen molar-refractivity contribution in [1.82, 2.24) is 10.3 Å². The Balaban J connectivity index is 1.58. The molecule has 3 rings (SSSR count). The summed E-state index contributed by atoms with van der Waals surface area (Å²) in [5, 5.41) is 13.9. The molecule has 0 saturated heterocycles. The molecule has 164 valence electrons. The first-order chi connectivity index (χ1) is 14.3. The third kappa shape index (κ3) is 6.29. The van der Waals surface area contributed by atoms with Crippen LogP contribution < -0.4 is 5.32 Å². The fourth-order valence-corrected chi connectivity index (χ4v) is 4.11. The van der Waals surface area contributed by atoms with Crippen LogP contribution >= 0.6 is 0 Å². The van der Waals surface area contributed by atoms with Crippen molar-refractivity contribution in [3.8, 4) is 11.3 Å². The number of benzene rings is 1. The number of rotatable bonds is 9. The maximum Gasteiger partial charge on any atom is 0.433 e. The van der Waals surface area contributed by atoms with Crippen LogP contribution in [0, 0.1) is 12.8 Å². The topological polar surface area (TPSA) is 45.1 Å². The molecule has 1 aliphatic carbocycles. The summed E-state index contributed by atoms with van der Waals surface area (Å²) in [4.78, 5) is 3.87. The van der Waals surface area contributed by atoms with Gasteiger partial charge in [-0.3, -0.25) is 0 Å². The monoisotopic (exact) mass is 420 g/mol. The van der Waals surface area contributed by atoms with Crippen molar-refractivity contribution < 1.29 is 18.3 Å². The second kappa shape index (κ2) is 10.4. The molecule has 1 heterocycles. The quantitative estimate of drug-likeness (QED) is 0.485. The van der Waals surface area contributed by atoms with E-state index in [2.05, 4.69) is 10.3 Å². The molecule has 1 aromatic heterocycles. The molecule has 2 N–H and O–H groups in total. The predicted octanol–water partition coefficient (Wildman–Crippen LogP) is 6.06. The molecule has 0 spiro atoms. The summed E-state index contributed by atoms with van der Waals surface area (Å²) >= 11 is 0. The summed E-state index contributed by atoms with van der Waals surface area (Å²) < 4.78 is 40.9. The number of pyridine rings is 1. The summed E-state index contributed by atoms with van der Waals surface area (Å²) in [7, 11) is 0. The van der Waals surface area contributed by atoms with Crippen LogP contribution in [0.25, 0.3) is 11.3 Å². The third-order valence-electron chi connectivity index (χ3n) is 5.89. The molecule has 1 atom stereocenters. The largest absolute Gasteiger partial charge is 0.433 e. The van der Waals surface area contributed by atoms with Gasteiger partial charge in [-0.25, -0.2) is 4.98 Å². The van der Waals surface area contributed by atoms with Crippen LogP contribution in [0.5, 0.6) is 0 Å². The minimum Gasteiger partial charge on any atom is -0.388 e. The van der Waals surface area contributed by atoms with Crippen molar-refractivity contribution in [2.75, 3.05) is 13.1 Å². The Kier molecular flexibility index (Phi) is 7.89. The summed E-state index contributed by atoms with van der Waals surface area (Å²) in [6.45, 7) is 3.77. The second-order valence-electron chi connectivity index (χ2n) is 8.36. The van der Waals surface area contributed by atoms with Crippen LogP contribution in [0.4, 0.5) is 13.2 Å². The first-order valence-electron chi connectivity index (χ1n) is 10.9. The molecule has 1 aliphatic rings. The lowest BCUT2D eigenvalue weighted by molar-refractivity contribution is -0.142. The lowest BCUT2D eigenvalue weighted by Gasteiger charge is -2.18. The lowest BCUT2D eigenvalue weighted by Crippen LogP contribution is -2.22. The molecule has 1 saturated carbocycles. The van der Waals surface area contributed by atoms with E-state index in [4.69, 9.17) is 0 Å². The molecular formula is C24H31F3N2O. The molecule has 0 amide bonds. The van der Waals surface area contributed by atoms with Gasteiger partial charge in [0.2, 0.25) is 0 Å². The Labute approximate surface area is 176 Å². The number of nitrogens with zero attached hydrogens (tertiary/aromatic N) is 1. The molecule has 6 heteroatoms. The SMILES string of the molecule is Cc1ccc(-c2ccc([C@H](O)CCCCNCC3CCCC3)c(C(F)(F)F)n2)cc1. The highest BCUT2D eigenvalue weighted by Crippen LogP contribution is 2.36. The molecule has 0 bridgehead atoms. The van der Waals surface area contributed by atoms with Gasteiger partial charge in [-0.15, -0.1) is 0 Å². The zero-order valence-electron chi connectivity index (χ0n) is 17.5. The Bertz CT molecular complexity index is 799. The molecule has 0 unspecified atom stereocenters. The molecule has 2 aromatic rings. The Morgan fingerprint density at radius 2 is 1.77 bits per heavy atom. The number of unbranched alkanes of at least 4 members (excludes halogenated alkanes) is 1.